The summed E-state index contributed by atoms with van der Waals surface area (Å²) in [6.07, 6.45) is 7.59. The van der Waals surface area contributed by atoms with Crippen LogP contribution in [0.15, 0.2) is 0 Å². The summed E-state index contributed by atoms with van der Waals surface area (Å²) in [4.78, 5) is 22.9. The maximum absolute atomic E-state index is 11.5. The van der Waals surface area contributed by atoms with Gasteiger partial charge in [0.15, 0.2) is 0 Å². The highest BCUT2D eigenvalue weighted by Gasteiger charge is 2.63. The van der Waals surface area contributed by atoms with E-state index in [0.717, 1.165) is 38.5 Å². The summed E-state index contributed by atoms with van der Waals surface area (Å²) in [7, 11) is 0. The molecule has 1 N–H and O–H groups in total. The van der Waals surface area contributed by atoms with Crippen LogP contribution >= 0.6 is 0 Å². The summed E-state index contributed by atoms with van der Waals surface area (Å²) in [6.45, 7) is 7.63. The van der Waals surface area contributed by atoms with Crippen LogP contribution in [0.2, 0.25) is 0 Å². The molecule has 5 heteroatoms. The summed E-state index contributed by atoms with van der Waals surface area (Å²) in [5, 5.41) is 11.0. The Balaban J connectivity index is 1.53. The van der Waals surface area contributed by atoms with Gasteiger partial charge in [-0.1, -0.05) is 13.8 Å². The van der Waals surface area contributed by atoms with E-state index in [4.69, 9.17) is 9.47 Å². The standard InChI is InChI=1S/C23H36O5/c1-13(24)27-16-7-9-22(3)15(11-16)5-6-17-18(22)8-10-23(4)19(17)12-20(21(23)26)28-14(2)25/h15-21,26H,5-12H2,1-4H3/t15-,16-,17+,18+,19-,20+,21-,22-,23+/m0/s1. The van der Waals surface area contributed by atoms with Gasteiger partial charge in [-0.25, -0.2) is 0 Å². The van der Waals surface area contributed by atoms with Crippen molar-refractivity contribution in [3.8, 4) is 0 Å². The van der Waals surface area contributed by atoms with Gasteiger partial charge in [-0.3, -0.25) is 9.59 Å². The van der Waals surface area contributed by atoms with Crippen molar-refractivity contribution in [2.24, 2.45) is 34.5 Å². The van der Waals surface area contributed by atoms with Crippen molar-refractivity contribution < 1.29 is 24.2 Å². The van der Waals surface area contributed by atoms with E-state index >= 15 is 0 Å². The molecular formula is C23H36O5. The number of aliphatic hydroxyl groups is 1. The lowest BCUT2D eigenvalue weighted by Crippen LogP contribution is -2.54. The van der Waals surface area contributed by atoms with Gasteiger partial charge >= 0.3 is 11.9 Å². The van der Waals surface area contributed by atoms with E-state index in [1.54, 1.807) is 0 Å². The fraction of sp³-hybridized carbons (Fsp3) is 0.913. The summed E-state index contributed by atoms with van der Waals surface area (Å²) >= 11 is 0. The summed E-state index contributed by atoms with van der Waals surface area (Å²) in [5.74, 6) is 1.85. The highest BCUT2D eigenvalue weighted by atomic mass is 16.6. The Labute approximate surface area is 168 Å². The molecule has 4 rings (SSSR count). The molecule has 0 bridgehead atoms. The Morgan fingerprint density at radius 2 is 1.54 bits per heavy atom. The van der Waals surface area contributed by atoms with Crippen LogP contribution in [-0.4, -0.2) is 35.4 Å². The van der Waals surface area contributed by atoms with Crippen molar-refractivity contribution in [1.29, 1.82) is 0 Å². The van der Waals surface area contributed by atoms with Gasteiger partial charge in [-0.2, -0.15) is 0 Å². The van der Waals surface area contributed by atoms with Crippen LogP contribution in [-0.2, 0) is 19.1 Å². The molecule has 5 nitrogen and oxygen atoms in total. The number of rotatable bonds is 2. The first-order valence-corrected chi connectivity index (χ1v) is 11.2. The first-order chi connectivity index (χ1) is 13.1. The van der Waals surface area contributed by atoms with Crippen molar-refractivity contribution in [1.82, 2.24) is 0 Å². The minimum absolute atomic E-state index is 0.0858. The number of esters is 2. The second-order valence-electron chi connectivity index (χ2n) is 10.5. The lowest BCUT2D eigenvalue weighted by molar-refractivity contribution is -0.163. The van der Waals surface area contributed by atoms with Gasteiger partial charge in [0, 0.05) is 19.3 Å². The van der Waals surface area contributed by atoms with Gasteiger partial charge in [0.25, 0.3) is 0 Å². The lowest BCUT2D eigenvalue weighted by Gasteiger charge is -2.60. The molecule has 4 aliphatic rings. The second kappa shape index (κ2) is 7.00. The number of aliphatic hydroxyl groups excluding tert-OH is 1. The van der Waals surface area contributed by atoms with Crippen molar-refractivity contribution in [3.05, 3.63) is 0 Å². The molecule has 9 atom stereocenters. The molecule has 0 spiro atoms. The minimum Gasteiger partial charge on any atom is -0.463 e. The molecule has 0 unspecified atom stereocenters. The summed E-state index contributed by atoms with van der Waals surface area (Å²) in [5.41, 5.74) is 0.158. The monoisotopic (exact) mass is 392 g/mol. The van der Waals surface area contributed by atoms with E-state index in [1.165, 1.54) is 26.7 Å². The highest BCUT2D eigenvalue weighted by molar-refractivity contribution is 5.66. The summed E-state index contributed by atoms with van der Waals surface area (Å²) in [6, 6.07) is 0. The van der Waals surface area contributed by atoms with E-state index < -0.39 is 6.10 Å². The molecule has 0 aromatic carbocycles. The third kappa shape index (κ3) is 3.09. The van der Waals surface area contributed by atoms with Crippen molar-refractivity contribution in [2.75, 3.05) is 0 Å². The molecular weight excluding hydrogens is 356 g/mol. The number of carbonyl (C=O) groups is 2. The molecule has 0 aromatic rings. The van der Waals surface area contributed by atoms with E-state index in [-0.39, 0.29) is 29.6 Å². The van der Waals surface area contributed by atoms with Gasteiger partial charge in [0.2, 0.25) is 0 Å². The number of ether oxygens (including phenoxy) is 2. The maximum Gasteiger partial charge on any atom is 0.302 e. The quantitative estimate of drug-likeness (QED) is 0.723. The molecule has 28 heavy (non-hydrogen) atoms. The van der Waals surface area contributed by atoms with Gasteiger partial charge in [0.05, 0.1) is 6.10 Å². The van der Waals surface area contributed by atoms with E-state index in [1.807, 2.05) is 0 Å². The SMILES string of the molecule is CC(=O)O[C@H]1CC[C@@]2(C)[C@@H](CC[C@@H]3[C@H]2CC[C@@]2(C)[C@@H](O)[C@H](OC(C)=O)C[C@@H]32)C1. The Morgan fingerprint density at radius 1 is 0.857 bits per heavy atom. The molecule has 0 heterocycles. The molecule has 0 radical (unpaired) electrons. The van der Waals surface area contributed by atoms with Crippen LogP contribution in [0.25, 0.3) is 0 Å². The predicted molar refractivity (Wildman–Crippen MR) is 104 cm³/mol. The predicted octanol–water partition coefficient (Wildman–Crippen LogP) is 3.86. The average molecular weight is 393 g/mol. The van der Waals surface area contributed by atoms with Crippen LogP contribution in [0.1, 0.15) is 79.1 Å². The van der Waals surface area contributed by atoms with Crippen LogP contribution in [0.5, 0.6) is 0 Å². The van der Waals surface area contributed by atoms with Crippen molar-refractivity contribution in [2.45, 2.75) is 97.4 Å². The third-order valence-corrected chi connectivity index (χ3v) is 9.22. The Hall–Kier alpha value is -1.10. The summed E-state index contributed by atoms with van der Waals surface area (Å²) < 4.78 is 11.1. The molecule has 0 saturated heterocycles. The number of carbonyl (C=O) groups excluding carboxylic acids is 2. The van der Waals surface area contributed by atoms with Gasteiger partial charge in [0.1, 0.15) is 12.2 Å². The van der Waals surface area contributed by atoms with Gasteiger partial charge in [-0.15, -0.1) is 0 Å². The van der Waals surface area contributed by atoms with Crippen LogP contribution < -0.4 is 0 Å². The molecule has 4 fully saturated rings. The largest absolute Gasteiger partial charge is 0.463 e. The zero-order valence-electron chi connectivity index (χ0n) is 17.8. The zero-order valence-corrected chi connectivity index (χ0v) is 17.8. The van der Waals surface area contributed by atoms with Crippen LogP contribution in [0.3, 0.4) is 0 Å². The third-order valence-electron chi connectivity index (χ3n) is 9.22. The topological polar surface area (TPSA) is 72.8 Å². The molecule has 158 valence electrons. The zero-order chi connectivity index (χ0) is 20.3. The molecule has 0 amide bonds. The molecule has 0 aromatic heterocycles. The maximum atomic E-state index is 11.5. The smallest absolute Gasteiger partial charge is 0.302 e. The fourth-order valence-corrected chi connectivity index (χ4v) is 7.85. The fourth-order valence-electron chi connectivity index (χ4n) is 7.85. The minimum atomic E-state index is -0.549. The van der Waals surface area contributed by atoms with Gasteiger partial charge in [-0.05, 0) is 80.5 Å². The molecule has 4 saturated carbocycles. The Kier molecular flexibility index (Phi) is 5.05. The first-order valence-electron chi connectivity index (χ1n) is 11.2. The number of hydrogen-bond acceptors (Lipinski definition) is 5. The Bertz CT molecular complexity index is 647. The van der Waals surface area contributed by atoms with E-state index in [0.29, 0.717) is 29.1 Å². The number of fused-ring (bicyclic) bond motifs is 5. The number of hydrogen-bond donors (Lipinski definition) is 1. The molecule has 0 aliphatic heterocycles. The van der Waals surface area contributed by atoms with Crippen molar-refractivity contribution in [3.63, 3.8) is 0 Å². The second-order valence-corrected chi connectivity index (χ2v) is 10.5. The highest BCUT2D eigenvalue weighted by Crippen LogP contribution is 2.66. The average Bonchev–Trinajstić information content (AvgIpc) is 2.86. The van der Waals surface area contributed by atoms with E-state index in [2.05, 4.69) is 13.8 Å². The van der Waals surface area contributed by atoms with Crippen molar-refractivity contribution >= 4 is 11.9 Å². The van der Waals surface area contributed by atoms with Crippen LogP contribution in [0.4, 0.5) is 0 Å². The lowest BCUT2D eigenvalue weighted by atomic mass is 9.45. The van der Waals surface area contributed by atoms with Gasteiger partial charge < -0.3 is 14.6 Å². The van der Waals surface area contributed by atoms with Crippen LogP contribution in [0, 0.1) is 34.5 Å². The first kappa shape index (κ1) is 20.2. The normalized spacial score (nSPS) is 50.1. The molecule has 4 aliphatic carbocycles. The van der Waals surface area contributed by atoms with E-state index in [9.17, 15) is 14.7 Å². The Morgan fingerprint density at radius 3 is 2.21 bits per heavy atom.